The first kappa shape index (κ1) is 13.2. The van der Waals surface area contributed by atoms with E-state index in [1.807, 2.05) is 0 Å². The summed E-state index contributed by atoms with van der Waals surface area (Å²) in [6, 6.07) is 3.71. The molecule has 0 aromatic heterocycles. The number of benzene rings is 1. The van der Waals surface area contributed by atoms with Gasteiger partial charge in [0.1, 0.15) is 11.6 Å². The number of carbonyl (C=O) groups excluding carboxylic acids is 2. The maximum atomic E-state index is 12.8. The van der Waals surface area contributed by atoms with Crippen LogP contribution in [0.3, 0.4) is 0 Å². The molecule has 0 radical (unpaired) electrons. The Labute approximate surface area is 102 Å². The van der Waals surface area contributed by atoms with Crippen LogP contribution in [-0.2, 0) is 9.59 Å². The van der Waals surface area contributed by atoms with Gasteiger partial charge in [-0.05, 0) is 12.1 Å². The molecular formula is C10H10ClFN2O3. The minimum Gasteiger partial charge on any atom is -0.484 e. The van der Waals surface area contributed by atoms with Gasteiger partial charge in [-0.15, -0.1) is 0 Å². The highest BCUT2D eigenvalue weighted by Gasteiger charge is 2.05. The van der Waals surface area contributed by atoms with Crippen molar-refractivity contribution in [3.63, 3.8) is 0 Å². The van der Waals surface area contributed by atoms with Crippen LogP contribution >= 0.6 is 11.6 Å². The van der Waals surface area contributed by atoms with Gasteiger partial charge < -0.3 is 15.8 Å². The highest BCUT2D eigenvalue weighted by Crippen LogP contribution is 2.20. The lowest BCUT2D eigenvalue weighted by molar-refractivity contribution is -0.126. The first-order valence-corrected chi connectivity index (χ1v) is 4.99. The van der Waals surface area contributed by atoms with Crippen molar-refractivity contribution in [3.05, 3.63) is 29.0 Å². The van der Waals surface area contributed by atoms with Gasteiger partial charge in [-0.25, -0.2) is 4.39 Å². The van der Waals surface area contributed by atoms with E-state index in [9.17, 15) is 14.0 Å². The Kier molecular flexibility index (Phi) is 4.71. The number of nitrogens with one attached hydrogen (secondary N) is 1. The molecule has 0 unspecified atom stereocenters. The molecule has 1 aromatic rings. The number of ether oxygens (including phenoxy) is 1. The van der Waals surface area contributed by atoms with Crippen molar-refractivity contribution in [2.24, 2.45) is 5.73 Å². The van der Waals surface area contributed by atoms with Crippen molar-refractivity contribution in [2.45, 2.75) is 0 Å². The Balaban J connectivity index is 2.42. The van der Waals surface area contributed by atoms with Gasteiger partial charge in [0, 0.05) is 6.07 Å². The van der Waals surface area contributed by atoms with Gasteiger partial charge in [-0.2, -0.15) is 0 Å². The summed E-state index contributed by atoms with van der Waals surface area (Å²) in [4.78, 5) is 21.5. The molecule has 3 N–H and O–H groups in total. The molecule has 7 heteroatoms. The Hall–Kier alpha value is -1.82. The molecule has 0 heterocycles. The molecule has 0 saturated heterocycles. The zero-order chi connectivity index (χ0) is 12.8. The van der Waals surface area contributed by atoms with Crippen LogP contribution in [0.5, 0.6) is 5.75 Å². The number of halogens is 2. The number of nitrogens with two attached hydrogens (primary N) is 1. The SMILES string of the molecule is NC(=O)CNC(=O)COc1ccc(F)c(Cl)c1. The number of hydrogen-bond acceptors (Lipinski definition) is 3. The molecule has 1 aromatic carbocycles. The fraction of sp³-hybridized carbons (Fsp3) is 0.200. The fourth-order valence-electron chi connectivity index (χ4n) is 0.952. The second-order valence-corrected chi connectivity index (χ2v) is 3.51. The van der Waals surface area contributed by atoms with Gasteiger partial charge in [0.15, 0.2) is 6.61 Å². The van der Waals surface area contributed by atoms with E-state index in [1.165, 1.54) is 12.1 Å². The van der Waals surface area contributed by atoms with Crippen LogP contribution in [-0.4, -0.2) is 25.0 Å². The normalized spacial score (nSPS) is 9.76. The lowest BCUT2D eigenvalue weighted by atomic mass is 10.3. The van der Waals surface area contributed by atoms with E-state index < -0.39 is 17.6 Å². The summed E-state index contributed by atoms with van der Waals surface area (Å²) in [7, 11) is 0. The average Bonchev–Trinajstić information content (AvgIpc) is 2.28. The number of primary amides is 1. The molecule has 0 aliphatic rings. The van der Waals surface area contributed by atoms with Crippen LogP contribution in [0.25, 0.3) is 0 Å². The fourth-order valence-corrected chi connectivity index (χ4v) is 1.12. The van der Waals surface area contributed by atoms with E-state index in [0.29, 0.717) is 0 Å². The van der Waals surface area contributed by atoms with Crippen molar-refractivity contribution in [1.82, 2.24) is 5.32 Å². The molecule has 0 saturated carbocycles. The highest BCUT2D eigenvalue weighted by molar-refractivity contribution is 6.30. The largest absolute Gasteiger partial charge is 0.484 e. The molecule has 0 spiro atoms. The van der Waals surface area contributed by atoms with E-state index in [2.05, 4.69) is 5.32 Å². The quantitative estimate of drug-likeness (QED) is 0.807. The molecule has 0 bridgehead atoms. The summed E-state index contributed by atoms with van der Waals surface area (Å²) in [5.41, 5.74) is 4.83. The van der Waals surface area contributed by atoms with Crippen molar-refractivity contribution < 1.29 is 18.7 Å². The van der Waals surface area contributed by atoms with Gasteiger partial charge in [0.2, 0.25) is 5.91 Å². The zero-order valence-electron chi connectivity index (χ0n) is 8.70. The van der Waals surface area contributed by atoms with Crippen LogP contribution in [0.4, 0.5) is 4.39 Å². The smallest absolute Gasteiger partial charge is 0.258 e. The summed E-state index contributed by atoms with van der Waals surface area (Å²) >= 11 is 5.52. The third kappa shape index (κ3) is 4.69. The highest BCUT2D eigenvalue weighted by atomic mass is 35.5. The summed E-state index contributed by atoms with van der Waals surface area (Å²) in [6.45, 7) is -0.568. The van der Waals surface area contributed by atoms with Gasteiger partial charge >= 0.3 is 0 Å². The molecular weight excluding hydrogens is 251 g/mol. The Bertz CT molecular complexity index is 440. The molecule has 0 fully saturated rings. The summed E-state index contributed by atoms with van der Waals surface area (Å²) in [5, 5.41) is 2.14. The molecule has 0 atom stereocenters. The topological polar surface area (TPSA) is 81.4 Å². The maximum absolute atomic E-state index is 12.8. The number of hydrogen-bond donors (Lipinski definition) is 2. The van der Waals surface area contributed by atoms with Crippen LogP contribution in [0.1, 0.15) is 0 Å². The van der Waals surface area contributed by atoms with Crippen LogP contribution in [0, 0.1) is 5.82 Å². The standard InChI is InChI=1S/C10H10ClFN2O3/c11-7-3-6(1-2-8(7)12)17-5-10(16)14-4-9(13)15/h1-3H,4-5H2,(H2,13,15)(H,14,16). The number of rotatable bonds is 5. The molecule has 5 nitrogen and oxygen atoms in total. The van der Waals surface area contributed by atoms with E-state index in [0.717, 1.165) is 6.07 Å². The van der Waals surface area contributed by atoms with Crippen LogP contribution in [0.15, 0.2) is 18.2 Å². The number of carbonyl (C=O) groups is 2. The molecule has 0 aliphatic carbocycles. The summed E-state index contributed by atoms with van der Waals surface area (Å²) < 4.78 is 17.8. The Morgan fingerprint density at radius 2 is 2.18 bits per heavy atom. The Morgan fingerprint density at radius 1 is 1.47 bits per heavy atom. The average molecular weight is 261 g/mol. The van der Waals surface area contributed by atoms with Crippen molar-refractivity contribution in [1.29, 1.82) is 0 Å². The van der Waals surface area contributed by atoms with Crippen molar-refractivity contribution >= 4 is 23.4 Å². The Morgan fingerprint density at radius 3 is 2.76 bits per heavy atom. The van der Waals surface area contributed by atoms with Gasteiger partial charge in [-0.3, -0.25) is 9.59 Å². The van der Waals surface area contributed by atoms with E-state index in [-0.39, 0.29) is 23.9 Å². The predicted octanol–water partition coefficient (Wildman–Crippen LogP) is 0.459. The zero-order valence-corrected chi connectivity index (χ0v) is 9.46. The van der Waals surface area contributed by atoms with Crippen LogP contribution in [0.2, 0.25) is 5.02 Å². The lowest BCUT2D eigenvalue weighted by Gasteiger charge is -2.06. The van der Waals surface area contributed by atoms with Gasteiger partial charge in [0.05, 0.1) is 11.6 Å². The van der Waals surface area contributed by atoms with E-state index >= 15 is 0 Å². The van der Waals surface area contributed by atoms with Gasteiger partial charge in [0.25, 0.3) is 5.91 Å². The predicted molar refractivity (Wildman–Crippen MR) is 59.1 cm³/mol. The third-order valence-electron chi connectivity index (χ3n) is 1.72. The van der Waals surface area contributed by atoms with Gasteiger partial charge in [-0.1, -0.05) is 11.6 Å². The minimum atomic E-state index is -0.650. The molecule has 1 rings (SSSR count). The second kappa shape index (κ2) is 6.05. The summed E-state index contributed by atoms with van der Waals surface area (Å²) in [6.07, 6.45) is 0. The van der Waals surface area contributed by atoms with Crippen molar-refractivity contribution in [3.8, 4) is 5.75 Å². The summed E-state index contributed by atoms with van der Waals surface area (Å²) in [5.74, 6) is -1.48. The monoisotopic (exact) mass is 260 g/mol. The molecule has 92 valence electrons. The van der Waals surface area contributed by atoms with Crippen molar-refractivity contribution in [2.75, 3.05) is 13.2 Å². The third-order valence-corrected chi connectivity index (χ3v) is 2.01. The molecule has 17 heavy (non-hydrogen) atoms. The maximum Gasteiger partial charge on any atom is 0.258 e. The molecule has 2 amide bonds. The van der Waals surface area contributed by atoms with Crippen LogP contribution < -0.4 is 15.8 Å². The van der Waals surface area contributed by atoms with E-state index in [4.69, 9.17) is 22.1 Å². The second-order valence-electron chi connectivity index (χ2n) is 3.11. The minimum absolute atomic E-state index is 0.0972. The first-order chi connectivity index (χ1) is 7.99. The lowest BCUT2D eigenvalue weighted by Crippen LogP contribution is -2.36. The number of amides is 2. The van der Waals surface area contributed by atoms with E-state index in [1.54, 1.807) is 0 Å². The molecule has 0 aliphatic heterocycles. The first-order valence-electron chi connectivity index (χ1n) is 4.62.